The smallest absolute Gasteiger partial charge is 0.268 e. The van der Waals surface area contributed by atoms with Gasteiger partial charge in [-0.05, 0) is 115 Å². The molecule has 0 spiro atoms. The monoisotopic (exact) mass is 1980 g/mol. The van der Waals surface area contributed by atoms with Crippen molar-refractivity contribution in [2.24, 2.45) is 0 Å². The second-order valence-corrected chi connectivity index (χ2v) is 32.0. The molecular weight excluding hydrogens is 1930 g/mol. The Balaban J connectivity index is 0.000000111. The summed E-state index contributed by atoms with van der Waals surface area (Å²) in [5.74, 6) is 0.951. The standard InChI is InChI=1S/3C18H11N7.C16H9N7O.C14H7ClN8O.C14H7ClN8S/c19-10-14-17(20)25-16(18-22-7-2-8-23-18)15(24-14)12-4-5-13-11(9-12)3-1-6-21-13;19-9-15-18(20)25-17(13-5-7-22-23-10-13)16(24-15)12-3-4-14-11(8-12)2-1-6-21-14;19-9-15-18(20)25-17(14-5-7-21-10-23-14)16(24-15)12-3-4-13-11(8-12)2-1-6-22-13;17-7-12-15(18)22-14(16-23-20-8-24-16)13(21-12)10-3-4-11-9(6-10)2-1-5-19-11;2*15-8-2-6(1-7-4-18-22-10(7)8)11-12(14-23-19-5-24-14)21-13(17)9(3-16)20-11/h1-9H,(H2,20,25);2*1-8,10H,(H2,20,25);1-6,8H,(H2,18,22);2*1-2,4-5H,(H2,17,21)(H,18,22). The Labute approximate surface area is 838 Å². The van der Waals surface area contributed by atoms with E-state index in [1.807, 2.05) is 170 Å². The second kappa shape index (κ2) is 42.0. The first-order valence-electron chi connectivity index (χ1n) is 42.6. The van der Waals surface area contributed by atoms with E-state index < -0.39 is 0 Å². The summed E-state index contributed by atoms with van der Waals surface area (Å²) in [5.41, 5.74) is 52.9. The van der Waals surface area contributed by atoms with E-state index in [4.69, 9.17) is 66.4 Å². The third kappa shape index (κ3) is 20.0. The molecule has 6 aromatic carbocycles. The fraction of sp³-hybridized carbons (Fsp3) is 0. The molecule has 24 rings (SSSR count). The van der Waals surface area contributed by atoms with Crippen molar-refractivity contribution in [1.82, 2.24) is 161 Å². The van der Waals surface area contributed by atoms with E-state index in [1.54, 1.807) is 104 Å². The number of halogens is 2. The fourth-order valence-corrected chi connectivity index (χ4v) is 15.8. The van der Waals surface area contributed by atoms with Crippen LogP contribution in [-0.4, -0.2) is 161 Å². The predicted octanol–water partition coefficient (Wildman–Crippen LogP) is 14.8. The molecule has 0 saturated heterocycles. The van der Waals surface area contributed by atoms with Crippen molar-refractivity contribution in [2.75, 3.05) is 34.4 Å². The number of aromatic nitrogens is 32. The highest BCUT2D eigenvalue weighted by Crippen LogP contribution is 2.41. The summed E-state index contributed by atoms with van der Waals surface area (Å²) >= 11 is 13.9. The number of fused-ring (bicyclic) bond motifs is 6. The van der Waals surface area contributed by atoms with Gasteiger partial charge in [-0.1, -0.05) is 83.1 Å². The van der Waals surface area contributed by atoms with Crippen molar-refractivity contribution in [3.05, 3.63) is 301 Å². The van der Waals surface area contributed by atoms with Gasteiger partial charge in [0.1, 0.15) is 93.8 Å². The van der Waals surface area contributed by atoms with Gasteiger partial charge in [-0.15, -0.1) is 30.6 Å². The van der Waals surface area contributed by atoms with Crippen LogP contribution in [0.25, 0.3) is 201 Å². The Hall–Kier alpha value is -22.2. The van der Waals surface area contributed by atoms with Crippen LogP contribution in [0.4, 0.5) is 34.9 Å². The molecular formula is C98H56Cl2N44O2S. The van der Waals surface area contributed by atoms with Gasteiger partial charge in [0.15, 0.2) is 91.3 Å². The van der Waals surface area contributed by atoms with Gasteiger partial charge in [0.05, 0.1) is 85.0 Å². The molecule has 14 N–H and O–H groups in total. The maximum Gasteiger partial charge on any atom is 0.268 e. The molecule has 0 bridgehead atoms. The van der Waals surface area contributed by atoms with Gasteiger partial charge in [-0.2, -0.15) is 52.0 Å². The quantitative estimate of drug-likeness (QED) is 0.0563. The highest BCUT2D eigenvalue weighted by molar-refractivity contribution is 7.12. The van der Waals surface area contributed by atoms with E-state index in [0.717, 1.165) is 87.7 Å². The van der Waals surface area contributed by atoms with Gasteiger partial charge in [0, 0.05) is 115 Å². The van der Waals surface area contributed by atoms with Crippen LogP contribution in [0.3, 0.4) is 0 Å². The lowest BCUT2D eigenvalue weighted by atomic mass is 10.0. The number of hydrogen-bond donors (Lipinski definition) is 8. The first kappa shape index (κ1) is 93.8. The summed E-state index contributed by atoms with van der Waals surface area (Å²) in [7, 11) is 0. The number of rotatable bonds is 12. The molecule has 0 saturated carbocycles. The molecule has 700 valence electrons. The van der Waals surface area contributed by atoms with E-state index in [2.05, 4.69) is 161 Å². The first-order chi connectivity index (χ1) is 71.9. The summed E-state index contributed by atoms with van der Waals surface area (Å²) in [6.07, 6.45) is 22.0. The van der Waals surface area contributed by atoms with Crippen molar-refractivity contribution < 1.29 is 8.83 Å². The van der Waals surface area contributed by atoms with Crippen LogP contribution in [0.1, 0.15) is 34.2 Å². The van der Waals surface area contributed by atoms with Crippen LogP contribution in [0.5, 0.6) is 0 Å². The van der Waals surface area contributed by atoms with Gasteiger partial charge >= 0.3 is 0 Å². The number of benzene rings is 6. The molecule has 0 amide bonds. The molecule has 18 aromatic heterocycles. The second-order valence-electron chi connectivity index (χ2n) is 30.4. The minimum Gasteiger partial charge on any atom is -0.422 e. The maximum absolute atomic E-state index is 9.26. The predicted molar refractivity (Wildman–Crippen MR) is 539 cm³/mol. The minimum atomic E-state index is -0.0232. The highest BCUT2D eigenvalue weighted by atomic mass is 35.5. The largest absolute Gasteiger partial charge is 0.422 e. The van der Waals surface area contributed by atoms with E-state index in [1.165, 1.54) is 30.5 Å². The molecule has 0 fully saturated rings. The molecule has 147 heavy (non-hydrogen) atoms. The van der Waals surface area contributed by atoms with Crippen LogP contribution in [0.2, 0.25) is 10.0 Å². The van der Waals surface area contributed by atoms with Gasteiger partial charge in [-0.3, -0.25) is 30.1 Å². The Kier molecular flexibility index (Phi) is 26.8. The molecule has 0 atom stereocenters. The zero-order valence-corrected chi connectivity index (χ0v) is 77.1. The number of nitrogens with two attached hydrogens (primary N) is 6. The zero-order chi connectivity index (χ0) is 102. The molecule has 49 heteroatoms. The molecule has 18 heterocycles. The van der Waals surface area contributed by atoms with Crippen molar-refractivity contribution in [2.45, 2.75) is 0 Å². The van der Waals surface area contributed by atoms with Crippen LogP contribution < -0.4 is 34.4 Å². The van der Waals surface area contributed by atoms with E-state index in [0.29, 0.717) is 106 Å². The summed E-state index contributed by atoms with van der Waals surface area (Å²) in [6, 6.07) is 62.1. The zero-order valence-electron chi connectivity index (χ0n) is 74.8. The average molecular weight is 1980 g/mol. The SMILES string of the molecule is N#Cc1nc(-c2cc(Cl)c3[nH]ncc3c2)c(-c2nnco2)nc1N.N#Cc1nc(-c2cc(Cl)c3[nH]ncc3c2)c(-c2nncs2)nc1N.N#Cc1nc(-c2ccc3ncccc3c2)c(-c2ccncn2)nc1N.N#Cc1nc(-c2ccc3ncccc3c2)c(-c2ccnnc2)nc1N.N#Cc1nc(-c2ccc3ncccc3c2)c(-c2ncccn2)nc1N.N#Cc1nc(-c2ccc3ncccc3c2)c(-c2nnco2)nc1N. The van der Waals surface area contributed by atoms with Gasteiger partial charge in [-0.25, -0.2) is 79.7 Å². The van der Waals surface area contributed by atoms with Crippen LogP contribution >= 0.6 is 34.5 Å². The van der Waals surface area contributed by atoms with E-state index in [9.17, 15) is 31.6 Å². The lowest BCUT2D eigenvalue weighted by Gasteiger charge is -2.10. The highest BCUT2D eigenvalue weighted by Gasteiger charge is 2.27. The Morgan fingerprint density at radius 2 is 0.653 bits per heavy atom. The molecule has 46 nitrogen and oxygen atoms in total. The number of hydrogen-bond acceptors (Lipinski definition) is 45. The third-order valence-corrected chi connectivity index (χ3v) is 22.7. The molecule has 0 aliphatic heterocycles. The number of anilines is 6. The van der Waals surface area contributed by atoms with Crippen LogP contribution in [0.15, 0.2) is 265 Å². The molecule has 0 unspecified atom stereocenters. The summed E-state index contributed by atoms with van der Waals surface area (Å²) in [6.45, 7) is 0. The normalized spacial score (nSPS) is 10.6. The van der Waals surface area contributed by atoms with Crippen molar-refractivity contribution in [3.8, 4) is 172 Å². The molecule has 0 aliphatic rings. The molecule has 24 aromatic rings. The van der Waals surface area contributed by atoms with Crippen LogP contribution in [0, 0.1) is 68.0 Å². The fourth-order valence-electron chi connectivity index (χ4n) is 14.7. The van der Waals surface area contributed by atoms with Crippen LogP contribution in [-0.2, 0) is 0 Å². The number of nitrogens with one attached hydrogen (secondary N) is 2. The summed E-state index contributed by atoms with van der Waals surface area (Å²) < 4.78 is 10.4. The Bertz CT molecular complexity index is 8820. The Morgan fingerprint density at radius 1 is 0.293 bits per heavy atom. The molecule has 0 aliphatic carbocycles. The number of nitrogens with zero attached hydrogens (tertiary/aromatic N) is 36. The number of pyridine rings is 4. The van der Waals surface area contributed by atoms with Gasteiger partial charge in [0.2, 0.25) is 12.8 Å². The van der Waals surface area contributed by atoms with Gasteiger partial charge < -0.3 is 43.2 Å². The minimum absolute atomic E-state index is 0.00308. The number of nitrogen functional groups attached to an aromatic ring is 6. The van der Waals surface area contributed by atoms with Crippen molar-refractivity contribution in [1.29, 1.82) is 31.6 Å². The lowest BCUT2D eigenvalue weighted by Crippen LogP contribution is -2.04. The topological polar surface area (TPSA) is 743 Å². The summed E-state index contributed by atoms with van der Waals surface area (Å²) in [4.78, 5) is 85.8. The maximum atomic E-state index is 9.26. The van der Waals surface area contributed by atoms with Gasteiger partial charge in [0.25, 0.3) is 11.8 Å². The average Bonchev–Trinajstić information content (AvgIpc) is 1.47. The van der Waals surface area contributed by atoms with Crippen molar-refractivity contribution in [3.63, 3.8) is 0 Å². The number of H-pyrrole nitrogens is 2. The summed E-state index contributed by atoms with van der Waals surface area (Å²) in [5, 5.41) is 106. The van der Waals surface area contributed by atoms with Crippen molar-refractivity contribution >= 4 is 135 Å². The van der Waals surface area contributed by atoms with E-state index in [-0.39, 0.29) is 86.5 Å². The number of nitriles is 6. The van der Waals surface area contributed by atoms with E-state index >= 15 is 0 Å². The first-order valence-corrected chi connectivity index (χ1v) is 44.2. The molecule has 0 radical (unpaired) electrons. The Morgan fingerprint density at radius 3 is 1.03 bits per heavy atom. The third-order valence-electron chi connectivity index (χ3n) is 21.4. The lowest BCUT2D eigenvalue weighted by molar-refractivity contribution is 0.566. The number of aromatic amines is 2.